The molecule has 0 fully saturated rings. The molecule has 2 aromatic heterocycles. The second-order valence-corrected chi connectivity index (χ2v) is 9.34. The van der Waals surface area contributed by atoms with Gasteiger partial charge in [-0.15, -0.1) is 0 Å². The average molecular weight is 534 g/mol. The van der Waals surface area contributed by atoms with Gasteiger partial charge in [-0.2, -0.15) is 13.2 Å². The largest absolute Gasteiger partial charge is 0.416 e. The van der Waals surface area contributed by atoms with Gasteiger partial charge in [0, 0.05) is 29.7 Å². The molecule has 0 saturated heterocycles. The lowest BCUT2D eigenvalue weighted by atomic mass is 10.1. The van der Waals surface area contributed by atoms with Gasteiger partial charge in [-0.3, -0.25) is 4.79 Å². The maximum Gasteiger partial charge on any atom is 0.416 e. The molecule has 4 nitrogen and oxygen atoms in total. The van der Waals surface area contributed by atoms with Crippen molar-refractivity contribution < 1.29 is 18.0 Å². The van der Waals surface area contributed by atoms with Crippen LogP contribution in [0.1, 0.15) is 23.2 Å². The van der Waals surface area contributed by atoms with E-state index in [1.54, 1.807) is 18.2 Å². The molecule has 0 radical (unpaired) electrons. The van der Waals surface area contributed by atoms with Gasteiger partial charge in [-0.05, 0) is 59.5 Å². The third-order valence-electron chi connectivity index (χ3n) is 6.28. The minimum absolute atomic E-state index is 0.0120. The number of hydrogen-bond donors (Lipinski definition) is 1. The highest BCUT2D eigenvalue weighted by molar-refractivity contribution is 6.30. The van der Waals surface area contributed by atoms with E-state index in [-0.39, 0.29) is 18.9 Å². The van der Waals surface area contributed by atoms with Crippen LogP contribution >= 0.6 is 11.6 Å². The Hall–Kier alpha value is -4.10. The second kappa shape index (κ2) is 10.7. The predicted molar refractivity (Wildman–Crippen MR) is 143 cm³/mol. The van der Waals surface area contributed by atoms with Gasteiger partial charge >= 0.3 is 6.18 Å². The highest BCUT2D eigenvalue weighted by Gasteiger charge is 2.30. The number of nitrogens with one attached hydrogen (secondary N) is 1. The van der Waals surface area contributed by atoms with Gasteiger partial charge in [0.25, 0.3) is 0 Å². The zero-order chi connectivity index (χ0) is 26.7. The van der Waals surface area contributed by atoms with Crippen molar-refractivity contribution in [2.24, 2.45) is 0 Å². The summed E-state index contributed by atoms with van der Waals surface area (Å²) in [6, 6.07) is 26.2. The van der Waals surface area contributed by atoms with Crippen LogP contribution in [0.2, 0.25) is 5.02 Å². The van der Waals surface area contributed by atoms with E-state index in [1.807, 2.05) is 65.2 Å². The van der Waals surface area contributed by atoms with Crippen molar-refractivity contribution >= 4 is 23.2 Å². The van der Waals surface area contributed by atoms with Crippen LogP contribution in [0.5, 0.6) is 0 Å². The van der Waals surface area contributed by atoms with Crippen molar-refractivity contribution in [3.63, 3.8) is 0 Å². The molecular formula is C30H23ClF3N3O. The number of nitrogens with zero attached hydrogens (tertiary/aromatic N) is 2. The molecule has 8 heteroatoms. The first kappa shape index (κ1) is 25.5. The van der Waals surface area contributed by atoms with Crippen molar-refractivity contribution in [3.05, 3.63) is 119 Å². The quantitative estimate of drug-likeness (QED) is 0.234. The summed E-state index contributed by atoms with van der Waals surface area (Å²) in [5.41, 5.74) is 4.93. The lowest BCUT2D eigenvalue weighted by Crippen LogP contribution is -2.23. The molecule has 0 saturated carbocycles. The van der Waals surface area contributed by atoms with E-state index in [0.717, 1.165) is 45.9 Å². The van der Waals surface area contributed by atoms with Crippen molar-refractivity contribution in [1.82, 2.24) is 14.7 Å². The molecule has 0 aliphatic carbocycles. The number of carbonyl (C=O) groups excluding carboxylic acids is 1. The number of aromatic nitrogens is 2. The normalized spacial score (nSPS) is 11.6. The fourth-order valence-electron chi connectivity index (χ4n) is 4.35. The maximum atomic E-state index is 13.0. The molecule has 3 aromatic carbocycles. The minimum atomic E-state index is -4.43. The molecular weight excluding hydrogens is 511 g/mol. The Bertz CT molecular complexity index is 1580. The Labute approximate surface area is 222 Å². The summed E-state index contributed by atoms with van der Waals surface area (Å²) < 4.78 is 41.0. The smallest absolute Gasteiger partial charge is 0.352 e. The molecule has 0 aliphatic heterocycles. The zero-order valence-electron chi connectivity index (χ0n) is 20.2. The van der Waals surface area contributed by atoms with Gasteiger partial charge in [-0.25, -0.2) is 4.98 Å². The summed E-state index contributed by atoms with van der Waals surface area (Å²) in [4.78, 5) is 17.6. The van der Waals surface area contributed by atoms with Crippen LogP contribution in [-0.4, -0.2) is 15.3 Å². The van der Waals surface area contributed by atoms with E-state index >= 15 is 0 Å². The maximum absolute atomic E-state index is 13.0. The number of imidazole rings is 1. The Balaban J connectivity index is 1.40. The standard InChI is InChI=1S/C30H23ClF3N3O/c31-25-12-9-22(10-13-25)29-26(37-19-23(11-15-27(37)36-29)21-6-2-1-3-7-21)14-16-28(38)35-18-20-5-4-8-24(17-20)30(32,33)34/h1-13,15,17,19H,14,16,18H2,(H,35,38). The number of benzene rings is 3. The summed E-state index contributed by atoms with van der Waals surface area (Å²) in [6.07, 6.45) is -1.90. The van der Waals surface area contributed by atoms with Gasteiger partial charge in [0.1, 0.15) is 5.65 Å². The third-order valence-corrected chi connectivity index (χ3v) is 6.53. The molecule has 2 heterocycles. The molecule has 38 heavy (non-hydrogen) atoms. The number of pyridine rings is 1. The Morgan fingerprint density at radius 3 is 2.34 bits per heavy atom. The summed E-state index contributed by atoms with van der Waals surface area (Å²) in [5.74, 6) is -0.265. The number of aryl methyl sites for hydroxylation is 1. The van der Waals surface area contributed by atoms with Gasteiger partial charge in [0.15, 0.2) is 0 Å². The average Bonchev–Trinajstić information content (AvgIpc) is 3.29. The number of halogens is 4. The highest BCUT2D eigenvalue weighted by Crippen LogP contribution is 2.30. The van der Waals surface area contributed by atoms with Crippen LogP contribution in [0.4, 0.5) is 13.2 Å². The molecule has 0 unspecified atom stereocenters. The van der Waals surface area contributed by atoms with Gasteiger partial charge in [-0.1, -0.05) is 66.2 Å². The van der Waals surface area contributed by atoms with E-state index in [9.17, 15) is 18.0 Å². The Morgan fingerprint density at radius 2 is 1.61 bits per heavy atom. The van der Waals surface area contributed by atoms with Gasteiger partial charge in [0.2, 0.25) is 5.91 Å². The first-order valence-electron chi connectivity index (χ1n) is 12.0. The molecule has 5 aromatic rings. The SMILES string of the molecule is O=C(CCc1c(-c2ccc(Cl)cc2)nc2ccc(-c3ccccc3)cn12)NCc1cccc(C(F)(F)F)c1. The minimum Gasteiger partial charge on any atom is -0.352 e. The first-order chi connectivity index (χ1) is 18.3. The number of alkyl halides is 3. The van der Waals surface area contributed by atoms with Gasteiger partial charge in [0.05, 0.1) is 17.0 Å². The Morgan fingerprint density at radius 1 is 0.868 bits per heavy atom. The van der Waals surface area contributed by atoms with Crippen molar-refractivity contribution in [2.75, 3.05) is 0 Å². The van der Waals surface area contributed by atoms with E-state index in [1.165, 1.54) is 6.07 Å². The molecule has 1 N–H and O–H groups in total. The van der Waals surface area contributed by atoms with Crippen LogP contribution in [0.25, 0.3) is 28.0 Å². The molecule has 0 spiro atoms. The van der Waals surface area contributed by atoms with Crippen LogP contribution < -0.4 is 5.32 Å². The summed E-state index contributed by atoms with van der Waals surface area (Å²) in [6.45, 7) is 0.0120. The number of amides is 1. The summed E-state index contributed by atoms with van der Waals surface area (Å²) in [5, 5.41) is 3.35. The topological polar surface area (TPSA) is 46.4 Å². The first-order valence-corrected chi connectivity index (χ1v) is 12.4. The molecule has 0 bridgehead atoms. The fraction of sp³-hybridized carbons (Fsp3) is 0.133. The number of carbonyl (C=O) groups is 1. The lowest BCUT2D eigenvalue weighted by Gasteiger charge is -2.10. The number of hydrogen-bond acceptors (Lipinski definition) is 2. The van der Waals surface area contributed by atoms with Crippen LogP contribution in [-0.2, 0) is 23.9 Å². The van der Waals surface area contributed by atoms with Gasteiger partial charge < -0.3 is 9.72 Å². The Kier molecular flexibility index (Phi) is 7.20. The lowest BCUT2D eigenvalue weighted by molar-refractivity contribution is -0.137. The molecule has 5 rings (SSSR count). The predicted octanol–water partition coefficient (Wildman–Crippen LogP) is 7.59. The molecule has 1 amide bonds. The molecule has 192 valence electrons. The van der Waals surface area contributed by atoms with E-state index in [4.69, 9.17) is 16.6 Å². The van der Waals surface area contributed by atoms with E-state index in [2.05, 4.69) is 5.32 Å². The summed E-state index contributed by atoms with van der Waals surface area (Å²) >= 11 is 6.09. The zero-order valence-corrected chi connectivity index (χ0v) is 20.9. The monoisotopic (exact) mass is 533 g/mol. The highest BCUT2D eigenvalue weighted by atomic mass is 35.5. The third kappa shape index (κ3) is 5.73. The number of fused-ring (bicyclic) bond motifs is 1. The fourth-order valence-corrected chi connectivity index (χ4v) is 4.48. The van der Waals surface area contributed by atoms with E-state index < -0.39 is 11.7 Å². The van der Waals surface area contributed by atoms with Crippen LogP contribution in [0.3, 0.4) is 0 Å². The van der Waals surface area contributed by atoms with E-state index in [0.29, 0.717) is 17.0 Å². The van der Waals surface area contributed by atoms with Crippen molar-refractivity contribution in [2.45, 2.75) is 25.6 Å². The van der Waals surface area contributed by atoms with Crippen LogP contribution in [0, 0.1) is 0 Å². The second-order valence-electron chi connectivity index (χ2n) is 8.90. The number of rotatable bonds is 7. The van der Waals surface area contributed by atoms with Crippen molar-refractivity contribution in [3.8, 4) is 22.4 Å². The summed E-state index contributed by atoms with van der Waals surface area (Å²) in [7, 11) is 0. The van der Waals surface area contributed by atoms with Crippen LogP contribution in [0.15, 0.2) is 97.2 Å². The molecule has 0 atom stereocenters. The van der Waals surface area contributed by atoms with Crippen molar-refractivity contribution in [1.29, 1.82) is 0 Å². The molecule has 0 aliphatic rings.